The average Bonchev–Trinajstić information content (AvgIpc) is 2.77. The number of hydrogen-bond acceptors (Lipinski definition) is 4. The predicted octanol–water partition coefficient (Wildman–Crippen LogP) is 3.26. The molecule has 1 heterocycles. The first kappa shape index (κ1) is 21.7. The van der Waals surface area contributed by atoms with Crippen molar-refractivity contribution in [3.05, 3.63) is 64.2 Å². The maximum atomic E-state index is 13.4. The standard InChI is InChI=1S/C20H21ClF2N2O3S/c1-29(27,28)19-10-16(21)3-2-15(19)13-25-7-6-24(5-4-20(25)26)12-14-8-17(22)11-18(23)9-14/h2-3,8-11H,4-7,12-13H2,1H3. The monoisotopic (exact) mass is 442 g/mol. The molecule has 1 aliphatic heterocycles. The Balaban J connectivity index is 1.73. The van der Waals surface area contributed by atoms with Gasteiger partial charge >= 0.3 is 0 Å². The van der Waals surface area contributed by atoms with Crippen molar-refractivity contribution in [3.8, 4) is 0 Å². The number of nitrogens with zero attached hydrogens (tertiary/aromatic N) is 2. The van der Waals surface area contributed by atoms with Gasteiger partial charge in [0.05, 0.1) is 4.90 Å². The Labute approximate surface area is 173 Å². The van der Waals surface area contributed by atoms with Gasteiger partial charge in [0.2, 0.25) is 5.91 Å². The maximum Gasteiger partial charge on any atom is 0.224 e. The fourth-order valence-electron chi connectivity index (χ4n) is 3.41. The van der Waals surface area contributed by atoms with Crippen LogP contribution >= 0.6 is 11.6 Å². The third kappa shape index (κ3) is 5.74. The van der Waals surface area contributed by atoms with E-state index in [1.54, 1.807) is 17.0 Å². The first-order valence-electron chi connectivity index (χ1n) is 9.05. The van der Waals surface area contributed by atoms with Crippen LogP contribution in [0.4, 0.5) is 8.78 Å². The van der Waals surface area contributed by atoms with Gasteiger partial charge < -0.3 is 4.90 Å². The van der Waals surface area contributed by atoms with Crippen LogP contribution in [-0.2, 0) is 27.7 Å². The molecule has 1 amide bonds. The third-order valence-corrected chi connectivity index (χ3v) is 6.21. The number of hydrogen-bond donors (Lipinski definition) is 0. The molecule has 1 fully saturated rings. The van der Waals surface area contributed by atoms with Gasteiger partial charge in [-0.2, -0.15) is 0 Å². The van der Waals surface area contributed by atoms with Gasteiger partial charge in [-0.1, -0.05) is 17.7 Å². The minimum absolute atomic E-state index is 0.104. The van der Waals surface area contributed by atoms with Crippen molar-refractivity contribution in [2.45, 2.75) is 24.4 Å². The largest absolute Gasteiger partial charge is 0.337 e. The quantitative estimate of drug-likeness (QED) is 0.713. The maximum absolute atomic E-state index is 13.4. The smallest absolute Gasteiger partial charge is 0.224 e. The van der Waals surface area contributed by atoms with Crippen LogP contribution in [0.5, 0.6) is 0 Å². The zero-order valence-corrected chi connectivity index (χ0v) is 17.4. The van der Waals surface area contributed by atoms with Gasteiger partial charge in [-0.3, -0.25) is 9.69 Å². The second-order valence-electron chi connectivity index (χ2n) is 7.14. The first-order chi connectivity index (χ1) is 13.6. The molecule has 0 aliphatic carbocycles. The summed E-state index contributed by atoms with van der Waals surface area (Å²) < 4.78 is 51.0. The molecule has 9 heteroatoms. The summed E-state index contributed by atoms with van der Waals surface area (Å²) in [6, 6.07) is 7.98. The lowest BCUT2D eigenvalue weighted by molar-refractivity contribution is -0.131. The van der Waals surface area contributed by atoms with Crippen LogP contribution in [-0.4, -0.2) is 50.0 Å². The molecule has 0 bridgehead atoms. The van der Waals surface area contributed by atoms with Gasteiger partial charge in [0.15, 0.2) is 9.84 Å². The van der Waals surface area contributed by atoms with E-state index in [0.29, 0.717) is 42.3 Å². The van der Waals surface area contributed by atoms with E-state index in [2.05, 4.69) is 0 Å². The summed E-state index contributed by atoms with van der Waals surface area (Å²) in [5.41, 5.74) is 1.01. The zero-order valence-electron chi connectivity index (χ0n) is 15.9. The zero-order chi connectivity index (χ0) is 21.2. The predicted molar refractivity (Wildman–Crippen MR) is 106 cm³/mol. The molecule has 3 rings (SSSR count). The van der Waals surface area contributed by atoms with E-state index < -0.39 is 21.5 Å². The highest BCUT2D eigenvalue weighted by molar-refractivity contribution is 7.90. The molecule has 29 heavy (non-hydrogen) atoms. The molecule has 1 aliphatic rings. The van der Waals surface area contributed by atoms with Crippen molar-refractivity contribution in [2.75, 3.05) is 25.9 Å². The molecular formula is C20H21ClF2N2O3S. The van der Waals surface area contributed by atoms with Crippen LogP contribution in [0, 0.1) is 11.6 Å². The molecule has 156 valence electrons. The third-order valence-electron chi connectivity index (χ3n) is 4.80. The Hall–Kier alpha value is -2.03. The van der Waals surface area contributed by atoms with Crippen molar-refractivity contribution in [3.63, 3.8) is 0 Å². The van der Waals surface area contributed by atoms with Crippen molar-refractivity contribution in [1.82, 2.24) is 9.80 Å². The lowest BCUT2D eigenvalue weighted by Gasteiger charge is -2.23. The van der Waals surface area contributed by atoms with Crippen LogP contribution in [0.15, 0.2) is 41.3 Å². The second kappa shape index (κ2) is 8.77. The van der Waals surface area contributed by atoms with E-state index >= 15 is 0 Å². The van der Waals surface area contributed by atoms with Crippen LogP contribution in [0.1, 0.15) is 17.5 Å². The van der Waals surface area contributed by atoms with Crippen molar-refractivity contribution >= 4 is 27.3 Å². The van der Waals surface area contributed by atoms with E-state index in [1.165, 1.54) is 18.2 Å². The van der Waals surface area contributed by atoms with E-state index in [0.717, 1.165) is 12.3 Å². The summed E-state index contributed by atoms with van der Waals surface area (Å²) in [4.78, 5) is 16.2. The number of halogens is 3. The van der Waals surface area contributed by atoms with Gasteiger partial charge in [0.25, 0.3) is 0 Å². The summed E-state index contributed by atoms with van der Waals surface area (Å²) in [6.45, 7) is 1.81. The molecule has 0 spiro atoms. The van der Waals surface area contributed by atoms with Crippen LogP contribution < -0.4 is 0 Å². The van der Waals surface area contributed by atoms with Gasteiger partial charge in [-0.05, 0) is 35.4 Å². The molecule has 0 radical (unpaired) electrons. The van der Waals surface area contributed by atoms with E-state index in [1.807, 2.05) is 4.90 Å². The van der Waals surface area contributed by atoms with Gasteiger partial charge in [0, 0.05) is 56.5 Å². The summed E-state index contributed by atoms with van der Waals surface area (Å²) in [5.74, 6) is -1.38. The molecular weight excluding hydrogens is 422 g/mol. The second-order valence-corrected chi connectivity index (χ2v) is 9.56. The fourth-order valence-corrected chi connectivity index (χ4v) is 4.59. The number of sulfone groups is 1. The Morgan fingerprint density at radius 1 is 1.00 bits per heavy atom. The van der Waals surface area contributed by atoms with Crippen molar-refractivity contribution in [1.29, 1.82) is 0 Å². The van der Waals surface area contributed by atoms with Crippen molar-refractivity contribution < 1.29 is 22.0 Å². The SMILES string of the molecule is CS(=O)(=O)c1cc(Cl)ccc1CN1CCN(Cc2cc(F)cc(F)c2)CCC1=O. The fraction of sp³-hybridized carbons (Fsp3) is 0.350. The highest BCUT2D eigenvalue weighted by Gasteiger charge is 2.23. The van der Waals surface area contributed by atoms with Gasteiger partial charge in [-0.15, -0.1) is 0 Å². The Bertz CT molecular complexity index is 1010. The Kier molecular flexibility index (Phi) is 6.55. The number of carbonyl (C=O) groups excluding carboxylic acids is 1. The highest BCUT2D eigenvalue weighted by atomic mass is 35.5. The Morgan fingerprint density at radius 2 is 1.69 bits per heavy atom. The molecule has 2 aromatic carbocycles. The molecule has 0 saturated carbocycles. The van der Waals surface area contributed by atoms with Gasteiger partial charge in [-0.25, -0.2) is 17.2 Å². The highest BCUT2D eigenvalue weighted by Crippen LogP contribution is 2.23. The number of carbonyl (C=O) groups is 1. The summed E-state index contributed by atoms with van der Waals surface area (Å²) in [7, 11) is -3.50. The molecule has 1 saturated heterocycles. The molecule has 0 unspecified atom stereocenters. The number of amides is 1. The topological polar surface area (TPSA) is 57.7 Å². The summed E-state index contributed by atoms with van der Waals surface area (Å²) in [5, 5.41) is 0.310. The minimum atomic E-state index is -3.50. The summed E-state index contributed by atoms with van der Waals surface area (Å²) in [6.07, 6.45) is 1.34. The average molecular weight is 443 g/mol. The van der Waals surface area contributed by atoms with Crippen LogP contribution in [0.25, 0.3) is 0 Å². The lowest BCUT2D eigenvalue weighted by atomic mass is 10.2. The number of benzene rings is 2. The van der Waals surface area contributed by atoms with E-state index in [-0.39, 0.29) is 23.8 Å². The molecule has 0 N–H and O–H groups in total. The van der Waals surface area contributed by atoms with Crippen LogP contribution in [0.3, 0.4) is 0 Å². The van der Waals surface area contributed by atoms with Crippen LogP contribution in [0.2, 0.25) is 5.02 Å². The first-order valence-corrected chi connectivity index (χ1v) is 11.3. The normalized spacial score (nSPS) is 16.1. The van der Waals surface area contributed by atoms with Crippen molar-refractivity contribution in [2.24, 2.45) is 0 Å². The molecule has 0 atom stereocenters. The molecule has 2 aromatic rings. The molecule has 5 nitrogen and oxygen atoms in total. The van der Waals surface area contributed by atoms with E-state index in [4.69, 9.17) is 11.6 Å². The van der Waals surface area contributed by atoms with Gasteiger partial charge in [0.1, 0.15) is 11.6 Å². The minimum Gasteiger partial charge on any atom is -0.337 e. The summed E-state index contributed by atoms with van der Waals surface area (Å²) >= 11 is 5.93. The number of rotatable bonds is 5. The van der Waals surface area contributed by atoms with E-state index in [9.17, 15) is 22.0 Å². The lowest BCUT2D eigenvalue weighted by Crippen LogP contribution is -2.33. The Morgan fingerprint density at radius 3 is 2.34 bits per heavy atom. The molecule has 0 aromatic heterocycles.